The van der Waals surface area contributed by atoms with Crippen LogP contribution in [-0.2, 0) is 4.79 Å². The van der Waals surface area contributed by atoms with Crippen molar-refractivity contribution >= 4 is 23.6 Å². The van der Waals surface area contributed by atoms with Gasteiger partial charge in [-0.1, -0.05) is 13.8 Å². The van der Waals surface area contributed by atoms with E-state index in [0.717, 1.165) is 25.7 Å². The number of primary amides is 1. The van der Waals surface area contributed by atoms with Gasteiger partial charge in [-0.2, -0.15) is 4.98 Å². The summed E-state index contributed by atoms with van der Waals surface area (Å²) in [5, 5.41) is 9.55. The molecule has 2 amide bonds. The molecule has 26 heavy (non-hydrogen) atoms. The average molecular weight is 362 g/mol. The number of hydrogen-bond donors (Lipinski definition) is 4. The summed E-state index contributed by atoms with van der Waals surface area (Å²) in [5.41, 5.74) is 5.74. The van der Waals surface area contributed by atoms with Crippen LogP contribution in [0.15, 0.2) is 6.20 Å². The van der Waals surface area contributed by atoms with Crippen LogP contribution < -0.4 is 21.7 Å². The lowest BCUT2D eigenvalue weighted by molar-refractivity contribution is -0.124. The van der Waals surface area contributed by atoms with E-state index >= 15 is 0 Å². The van der Waals surface area contributed by atoms with Crippen LogP contribution in [0.3, 0.4) is 0 Å². The van der Waals surface area contributed by atoms with Crippen LogP contribution >= 0.6 is 0 Å². The molecule has 1 aromatic rings. The van der Waals surface area contributed by atoms with Crippen molar-refractivity contribution in [3.63, 3.8) is 0 Å². The molecule has 5 N–H and O–H groups in total. The van der Waals surface area contributed by atoms with Gasteiger partial charge >= 0.3 is 0 Å². The van der Waals surface area contributed by atoms with Gasteiger partial charge in [0.15, 0.2) is 0 Å². The normalized spacial score (nSPS) is 20.1. The predicted molar refractivity (Wildman–Crippen MR) is 102 cm³/mol. The summed E-state index contributed by atoms with van der Waals surface area (Å²) in [6.07, 6.45) is 5.02. The smallest absolute Gasteiger partial charge is 0.254 e. The molecular weight excluding hydrogens is 332 g/mol. The average Bonchev–Trinajstić information content (AvgIpc) is 2.56. The predicted octanol–water partition coefficient (Wildman–Crippen LogP) is 1.89. The number of nitrogens with two attached hydrogens (primary N) is 1. The molecule has 1 aliphatic rings. The second-order valence-electron chi connectivity index (χ2n) is 7.48. The molecule has 1 heterocycles. The van der Waals surface area contributed by atoms with E-state index in [1.807, 2.05) is 27.7 Å². The largest absolute Gasteiger partial charge is 0.367 e. The van der Waals surface area contributed by atoms with Crippen molar-refractivity contribution in [2.45, 2.75) is 71.5 Å². The van der Waals surface area contributed by atoms with Crippen LogP contribution in [0.1, 0.15) is 63.7 Å². The van der Waals surface area contributed by atoms with E-state index in [2.05, 4.69) is 25.9 Å². The molecule has 0 aliphatic heterocycles. The van der Waals surface area contributed by atoms with Gasteiger partial charge in [-0.15, -0.1) is 0 Å². The van der Waals surface area contributed by atoms with Gasteiger partial charge < -0.3 is 21.7 Å². The Hall–Kier alpha value is -2.38. The molecule has 144 valence electrons. The van der Waals surface area contributed by atoms with E-state index in [-0.39, 0.29) is 35.5 Å². The van der Waals surface area contributed by atoms with Gasteiger partial charge in [-0.3, -0.25) is 9.59 Å². The maximum atomic E-state index is 11.8. The van der Waals surface area contributed by atoms with Gasteiger partial charge in [0.1, 0.15) is 5.82 Å². The molecule has 0 radical (unpaired) electrons. The molecule has 0 unspecified atom stereocenters. The zero-order valence-electron chi connectivity index (χ0n) is 16.0. The molecule has 8 nitrogen and oxygen atoms in total. The highest BCUT2D eigenvalue weighted by molar-refractivity contribution is 5.97. The Kier molecular flexibility index (Phi) is 6.76. The van der Waals surface area contributed by atoms with Crippen LogP contribution in [0.2, 0.25) is 0 Å². The lowest BCUT2D eigenvalue weighted by Gasteiger charge is -2.30. The minimum Gasteiger partial charge on any atom is -0.367 e. The number of rotatable bonds is 7. The van der Waals surface area contributed by atoms with Crippen molar-refractivity contribution in [2.24, 2.45) is 11.7 Å². The number of anilines is 2. The summed E-state index contributed by atoms with van der Waals surface area (Å²) in [7, 11) is 0. The van der Waals surface area contributed by atoms with Crippen LogP contribution in [0.25, 0.3) is 0 Å². The molecule has 0 bridgehead atoms. The van der Waals surface area contributed by atoms with E-state index in [9.17, 15) is 9.59 Å². The second kappa shape index (κ2) is 8.82. The third kappa shape index (κ3) is 5.57. The van der Waals surface area contributed by atoms with Crippen molar-refractivity contribution in [2.75, 3.05) is 10.6 Å². The Morgan fingerprint density at radius 3 is 2.27 bits per heavy atom. The van der Waals surface area contributed by atoms with E-state index in [1.54, 1.807) is 0 Å². The van der Waals surface area contributed by atoms with Crippen LogP contribution in [0.4, 0.5) is 11.8 Å². The molecule has 0 aromatic carbocycles. The lowest BCUT2D eigenvalue weighted by Crippen LogP contribution is -2.42. The third-order valence-electron chi connectivity index (χ3n) is 4.41. The zero-order chi connectivity index (χ0) is 19.3. The third-order valence-corrected chi connectivity index (χ3v) is 4.41. The summed E-state index contributed by atoms with van der Waals surface area (Å²) in [6.45, 7) is 7.77. The first-order valence-corrected chi connectivity index (χ1v) is 9.26. The Bertz CT molecular complexity index is 639. The standard InChI is InChI=1S/C18H30N6O2/c1-10(2)17(26)23-13-7-5-12(6-8-13)22-16-14(15(19)25)9-20-18(24-16)21-11(3)4/h9-13H,5-8H2,1-4H3,(H2,19,25)(H,23,26)(H2,20,21,22,24). The number of nitrogens with one attached hydrogen (secondary N) is 3. The minimum atomic E-state index is -0.554. The Morgan fingerprint density at radius 1 is 1.12 bits per heavy atom. The van der Waals surface area contributed by atoms with Crippen molar-refractivity contribution < 1.29 is 9.59 Å². The van der Waals surface area contributed by atoms with Gasteiger partial charge in [0.25, 0.3) is 5.91 Å². The summed E-state index contributed by atoms with van der Waals surface area (Å²) < 4.78 is 0. The molecular formula is C18H30N6O2. The monoisotopic (exact) mass is 362 g/mol. The number of nitrogens with zero attached hydrogens (tertiary/aromatic N) is 2. The highest BCUT2D eigenvalue weighted by Gasteiger charge is 2.24. The maximum absolute atomic E-state index is 11.8. The quantitative estimate of drug-likeness (QED) is 0.587. The summed E-state index contributed by atoms with van der Waals surface area (Å²) in [5.74, 6) is 0.465. The Balaban J connectivity index is 2.00. The number of carbonyl (C=O) groups excluding carboxylic acids is 2. The lowest BCUT2D eigenvalue weighted by atomic mass is 9.90. The van der Waals surface area contributed by atoms with E-state index in [1.165, 1.54) is 6.20 Å². The molecule has 1 aliphatic carbocycles. The molecule has 2 rings (SSSR count). The molecule has 0 saturated heterocycles. The SMILES string of the molecule is CC(C)Nc1ncc(C(N)=O)c(NC2CCC(NC(=O)C(C)C)CC2)n1. The first kappa shape index (κ1) is 19.9. The highest BCUT2D eigenvalue weighted by Crippen LogP contribution is 2.24. The maximum Gasteiger partial charge on any atom is 0.254 e. The minimum absolute atomic E-state index is 0.00290. The van der Waals surface area contributed by atoms with Crippen LogP contribution in [0.5, 0.6) is 0 Å². The first-order valence-electron chi connectivity index (χ1n) is 9.26. The fraction of sp³-hybridized carbons (Fsp3) is 0.667. The molecule has 0 atom stereocenters. The first-order chi connectivity index (χ1) is 12.3. The second-order valence-corrected chi connectivity index (χ2v) is 7.48. The highest BCUT2D eigenvalue weighted by atomic mass is 16.2. The molecule has 1 saturated carbocycles. The van der Waals surface area contributed by atoms with Gasteiger partial charge in [0.05, 0.1) is 5.56 Å². The van der Waals surface area contributed by atoms with Crippen molar-refractivity contribution in [1.29, 1.82) is 0 Å². The molecule has 0 spiro atoms. The van der Waals surface area contributed by atoms with Crippen molar-refractivity contribution in [3.05, 3.63) is 11.8 Å². The summed E-state index contributed by atoms with van der Waals surface area (Å²) >= 11 is 0. The fourth-order valence-corrected chi connectivity index (χ4v) is 2.94. The van der Waals surface area contributed by atoms with E-state index in [0.29, 0.717) is 11.8 Å². The van der Waals surface area contributed by atoms with Gasteiger partial charge in [0, 0.05) is 30.2 Å². The zero-order valence-corrected chi connectivity index (χ0v) is 16.0. The molecule has 1 aromatic heterocycles. The Labute approximate surface area is 154 Å². The summed E-state index contributed by atoms with van der Waals surface area (Å²) in [6, 6.07) is 0.575. The van der Waals surface area contributed by atoms with Gasteiger partial charge in [-0.25, -0.2) is 4.98 Å². The van der Waals surface area contributed by atoms with Crippen LogP contribution in [0, 0.1) is 5.92 Å². The summed E-state index contributed by atoms with van der Waals surface area (Å²) in [4.78, 5) is 32.1. The van der Waals surface area contributed by atoms with E-state index in [4.69, 9.17) is 5.73 Å². The number of hydrogen-bond acceptors (Lipinski definition) is 6. The number of amides is 2. The van der Waals surface area contributed by atoms with Crippen molar-refractivity contribution in [1.82, 2.24) is 15.3 Å². The number of aromatic nitrogens is 2. The topological polar surface area (TPSA) is 122 Å². The van der Waals surface area contributed by atoms with Crippen molar-refractivity contribution in [3.8, 4) is 0 Å². The fourth-order valence-electron chi connectivity index (χ4n) is 2.94. The Morgan fingerprint density at radius 2 is 1.73 bits per heavy atom. The molecule has 8 heteroatoms. The van der Waals surface area contributed by atoms with Crippen LogP contribution in [-0.4, -0.2) is 39.9 Å². The van der Waals surface area contributed by atoms with Gasteiger partial charge in [0.2, 0.25) is 11.9 Å². The van der Waals surface area contributed by atoms with E-state index < -0.39 is 5.91 Å². The molecule has 1 fully saturated rings. The van der Waals surface area contributed by atoms with Gasteiger partial charge in [-0.05, 0) is 39.5 Å². The number of carbonyl (C=O) groups is 2.